The fourth-order valence-electron chi connectivity index (χ4n) is 3.79. The van der Waals surface area contributed by atoms with Crippen LogP contribution >= 0.6 is 0 Å². The molecule has 1 aliphatic rings. The third-order valence-corrected chi connectivity index (χ3v) is 5.61. The second-order valence-electron chi connectivity index (χ2n) is 8.51. The van der Waals surface area contributed by atoms with Crippen LogP contribution in [0.25, 0.3) is 0 Å². The van der Waals surface area contributed by atoms with E-state index in [4.69, 9.17) is 9.47 Å². The van der Waals surface area contributed by atoms with Crippen molar-refractivity contribution in [1.82, 2.24) is 25.2 Å². The Bertz CT molecular complexity index is 927. The van der Waals surface area contributed by atoms with Gasteiger partial charge in [-0.15, -0.1) is 5.10 Å². The Morgan fingerprint density at radius 3 is 2.72 bits per heavy atom. The highest BCUT2D eigenvalue weighted by Crippen LogP contribution is 2.28. The maximum Gasteiger partial charge on any atom is 0.273 e. The molecular weight excluding hydrogens is 410 g/mol. The third kappa shape index (κ3) is 5.99. The number of rotatable bonds is 9. The monoisotopic (exact) mass is 443 g/mol. The van der Waals surface area contributed by atoms with Crippen LogP contribution in [0.5, 0.6) is 11.5 Å². The first kappa shape index (κ1) is 23.6. The molecule has 2 aromatic rings. The van der Waals surface area contributed by atoms with Gasteiger partial charge in [0.2, 0.25) is 5.91 Å². The molecule has 0 radical (unpaired) electrons. The van der Waals surface area contributed by atoms with E-state index in [1.807, 2.05) is 36.9 Å². The van der Waals surface area contributed by atoms with Gasteiger partial charge in [-0.1, -0.05) is 25.1 Å². The van der Waals surface area contributed by atoms with Crippen molar-refractivity contribution in [3.63, 3.8) is 0 Å². The summed E-state index contributed by atoms with van der Waals surface area (Å²) in [5.41, 5.74) is 1.33. The molecule has 0 spiro atoms. The summed E-state index contributed by atoms with van der Waals surface area (Å²) in [7, 11) is 3.20. The van der Waals surface area contributed by atoms with E-state index in [2.05, 4.69) is 15.6 Å². The molecule has 9 nitrogen and oxygen atoms in total. The molecule has 0 saturated carbocycles. The van der Waals surface area contributed by atoms with E-state index >= 15 is 0 Å². The van der Waals surface area contributed by atoms with Crippen molar-refractivity contribution in [2.24, 2.45) is 5.92 Å². The molecule has 0 unspecified atom stereocenters. The zero-order valence-electron chi connectivity index (χ0n) is 19.3. The summed E-state index contributed by atoms with van der Waals surface area (Å²) >= 11 is 0. The van der Waals surface area contributed by atoms with Crippen LogP contribution in [-0.4, -0.2) is 65.6 Å². The Hall–Kier alpha value is -3.10. The van der Waals surface area contributed by atoms with Crippen LogP contribution in [0.4, 0.5) is 0 Å². The van der Waals surface area contributed by atoms with Gasteiger partial charge in [0.1, 0.15) is 0 Å². The number of likely N-dealkylation sites (tertiary alicyclic amines) is 1. The van der Waals surface area contributed by atoms with Crippen LogP contribution in [0, 0.1) is 5.92 Å². The minimum Gasteiger partial charge on any atom is -0.493 e. The number of nitrogens with zero attached hydrogens (tertiary/aromatic N) is 4. The average Bonchev–Trinajstić information content (AvgIpc) is 3.31. The van der Waals surface area contributed by atoms with Crippen LogP contribution in [0.1, 0.15) is 55.2 Å². The number of benzene rings is 1. The van der Waals surface area contributed by atoms with Gasteiger partial charge in [0.15, 0.2) is 17.2 Å². The Balaban J connectivity index is 1.55. The first-order valence-electron chi connectivity index (χ1n) is 11.1. The van der Waals surface area contributed by atoms with E-state index in [-0.39, 0.29) is 17.9 Å². The molecule has 1 N–H and O–H groups in total. The molecule has 1 saturated heterocycles. The number of carbonyl (C=O) groups is 2. The maximum absolute atomic E-state index is 12.8. The lowest BCUT2D eigenvalue weighted by molar-refractivity contribution is -0.132. The number of hydrogen-bond acceptors (Lipinski definition) is 6. The molecular formula is C23H33N5O4. The highest BCUT2D eigenvalue weighted by molar-refractivity contribution is 5.91. The third-order valence-electron chi connectivity index (χ3n) is 5.61. The molecule has 0 aliphatic carbocycles. The lowest BCUT2D eigenvalue weighted by atomic mass is 10.0. The zero-order chi connectivity index (χ0) is 23.1. The number of ether oxygens (including phenoxy) is 2. The highest BCUT2D eigenvalue weighted by atomic mass is 16.5. The van der Waals surface area contributed by atoms with Gasteiger partial charge in [0.05, 0.1) is 26.5 Å². The Morgan fingerprint density at radius 2 is 2.00 bits per heavy atom. The summed E-state index contributed by atoms with van der Waals surface area (Å²) in [6, 6.07) is 5.74. The standard InChI is InChI=1S/C23H33N5O4/c1-16(2)13-24-23(30)19-15-28(26-25-19)18-6-5-11-27(14-18)22(29)10-8-17-7-9-20(31-3)21(12-17)32-4/h7,9,12,15-16,18H,5-6,8,10-11,13-14H2,1-4H3,(H,24,30)/t18-/m1/s1. The SMILES string of the molecule is COc1ccc(CCC(=O)N2CCC[C@@H](n3cc(C(=O)NCC(C)C)nn3)C2)cc1OC. The summed E-state index contributed by atoms with van der Waals surface area (Å²) < 4.78 is 12.3. The van der Waals surface area contributed by atoms with E-state index in [1.165, 1.54) is 0 Å². The smallest absolute Gasteiger partial charge is 0.273 e. The molecule has 9 heteroatoms. The number of methoxy groups -OCH3 is 2. The number of nitrogens with one attached hydrogen (secondary N) is 1. The number of piperidine rings is 1. The average molecular weight is 444 g/mol. The highest BCUT2D eigenvalue weighted by Gasteiger charge is 2.26. The van der Waals surface area contributed by atoms with Gasteiger partial charge < -0.3 is 19.7 Å². The van der Waals surface area contributed by atoms with Gasteiger partial charge in [-0.3, -0.25) is 9.59 Å². The Morgan fingerprint density at radius 1 is 1.22 bits per heavy atom. The van der Waals surface area contributed by atoms with Crippen molar-refractivity contribution in [3.8, 4) is 11.5 Å². The van der Waals surface area contributed by atoms with Crippen molar-refractivity contribution >= 4 is 11.8 Å². The van der Waals surface area contributed by atoms with Crippen LogP contribution in [-0.2, 0) is 11.2 Å². The van der Waals surface area contributed by atoms with Crippen LogP contribution in [0.3, 0.4) is 0 Å². The second kappa shape index (κ2) is 11.0. The molecule has 1 aromatic carbocycles. The first-order chi connectivity index (χ1) is 15.4. The summed E-state index contributed by atoms with van der Waals surface area (Å²) in [5, 5.41) is 11.0. The maximum atomic E-state index is 12.8. The molecule has 3 rings (SSSR count). The lowest BCUT2D eigenvalue weighted by Crippen LogP contribution is -2.41. The number of aromatic nitrogens is 3. The Kier molecular flexibility index (Phi) is 8.08. The number of hydrogen-bond donors (Lipinski definition) is 1. The molecule has 174 valence electrons. The van der Waals surface area contributed by atoms with Crippen molar-refractivity contribution in [2.75, 3.05) is 33.9 Å². The van der Waals surface area contributed by atoms with Gasteiger partial charge in [0, 0.05) is 26.1 Å². The van der Waals surface area contributed by atoms with Crippen LogP contribution in [0.2, 0.25) is 0 Å². The molecule has 0 bridgehead atoms. The lowest BCUT2D eigenvalue weighted by Gasteiger charge is -2.32. The van der Waals surface area contributed by atoms with Crippen molar-refractivity contribution in [1.29, 1.82) is 0 Å². The van der Waals surface area contributed by atoms with Crippen molar-refractivity contribution in [3.05, 3.63) is 35.7 Å². The largest absolute Gasteiger partial charge is 0.493 e. The summed E-state index contributed by atoms with van der Waals surface area (Å²) in [5.74, 6) is 1.59. The second-order valence-corrected chi connectivity index (χ2v) is 8.51. The molecule has 1 fully saturated rings. The van der Waals surface area contributed by atoms with Crippen molar-refractivity contribution in [2.45, 2.75) is 45.6 Å². The Labute approximate surface area is 189 Å². The normalized spacial score (nSPS) is 16.2. The minimum atomic E-state index is -0.219. The summed E-state index contributed by atoms with van der Waals surface area (Å²) in [6.07, 6.45) is 4.52. The molecule has 2 amide bonds. The van der Waals surface area contributed by atoms with Crippen LogP contribution in [0.15, 0.2) is 24.4 Å². The van der Waals surface area contributed by atoms with Gasteiger partial charge in [-0.2, -0.15) is 0 Å². The van der Waals surface area contributed by atoms with Crippen LogP contribution < -0.4 is 14.8 Å². The van der Waals surface area contributed by atoms with E-state index in [0.29, 0.717) is 49.0 Å². The van der Waals surface area contributed by atoms with Gasteiger partial charge in [0.25, 0.3) is 5.91 Å². The number of aryl methyl sites for hydroxylation is 1. The fourth-order valence-corrected chi connectivity index (χ4v) is 3.79. The van der Waals surface area contributed by atoms with E-state index in [0.717, 1.165) is 24.9 Å². The summed E-state index contributed by atoms with van der Waals surface area (Å²) in [4.78, 5) is 26.9. The van der Waals surface area contributed by atoms with Gasteiger partial charge in [-0.25, -0.2) is 4.68 Å². The van der Waals surface area contributed by atoms with E-state index in [1.54, 1.807) is 25.1 Å². The van der Waals surface area contributed by atoms with E-state index in [9.17, 15) is 9.59 Å². The molecule has 1 atom stereocenters. The van der Waals surface area contributed by atoms with Crippen molar-refractivity contribution < 1.29 is 19.1 Å². The zero-order valence-corrected chi connectivity index (χ0v) is 19.3. The topological polar surface area (TPSA) is 98.6 Å². The first-order valence-corrected chi connectivity index (χ1v) is 11.1. The predicted octanol–water partition coefficient (Wildman–Crippen LogP) is 2.48. The minimum absolute atomic E-state index is 0.0212. The predicted molar refractivity (Wildman–Crippen MR) is 120 cm³/mol. The van der Waals surface area contributed by atoms with Gasteiger partial charge >= 0.3 is 0 Å². The number of amides is 2. The number of carbonyl (C=O) groups excluding carboxylic acids is 2. The summed E-state index contributed by atoms with van der Waals surface area (Å²) in [6.45, 7) is 5.97. The molecule has 32 heavy (non-hydrogen) atoms. The quantitative estimate of drug-likeness (QED) is 0.639. The molecule has 2 heterocycles. The fraction of sp³-hybridized carbons (Fsp3) is 0.565. The van der Waals surface area contributed by atoms with Gasteiger partial charge in [-0.05, 0) is 42.9 Å². The molecule has 1 aromatic heterocycles. The molecule has 1 aliphatic heterocycles. The van der Waals surface area contributed by atoms with E-state index < -0.39 is 0 Å².